The number of hydrogen-bond acceptors (Lipinski definition) is 3. The molecule has 2 nitrogen and oxygen atoms in total. The fourth-order valence-electron chi connectivity index (χ4n) is 3.14. The van der Waals surface area contributed by atoms with Crippen LogP contribution in [0.5, 0.6) is 5.75 Å². The predicted octanol–water partition coefficient (Wildman–Crippen LogP) is 7.74. The van der Waals surface area contributed by atoms with Crippen molar-refractivity contribution in [2.24, 2.45) is 0 Å². The summed E-state index contributed by atoms with van der Waals surface area (Å²) in [6.07, 6.45) is 0. The van der Waals surface area contributed by atoms with Crippen molar-refractivity contribution in [1.29, 1.82) is 0 Å². The minimum absolute atomic E-state index is 0.233. The molecule has 0 N–H and O–H groups in total. The first-order valence-corrected chi connectivity index (χ1v) is 10.7. The van der Waals surface area contributed by atoms with Gasteiger partial charge in [-0.3, -0.25) is 0 Å². The van der Waals surface area contributed by atoms with Crippen molar-refractivity contribution in [3.8, 4) is 17.1 Å². The van der Waals surface area contributed by atoms with Crippen molar-refractivity contribution in [2.45, 2.75) is 58.1 Å². The lowest BCUT2D eigenvalue weighted by Crippen LogP contribution is -2.09. The van der Waals surface area contributed by atoms with Crippen LogP contribution in [0, 0.1) is 13.8 Å². The summed E-state index contributed by atoms with van der Waals surface area (Å²) < 4.78 is 12.3. The molecule has 3 rings (SSSR count). The number of hydrogen-bond donors (Lipinski definition) is 0. The zero-order chi connectivity index (χ0) is 20.3. The predicted molar refractivity (Wildman–Crippen MR) is 120 cm³/mol. The normalized spacial score (nSPS) is 12.8. The van der Waals surface area contributed by atoms with Crippen LogP contribution >= 0.6 is 11.8 Å². The molecule has 1 heterocycles. The quantitative estimate of drug-likeness (QED) is 0.427. The summed E-state index contributed by atoms with van der Waals surface area (Å²) in [6.45, 7) is 13.6. The molecule has 0 saturated carbocycles. The summed E-state index contributed by atoms with van der Waals surface area (Å²) in [7, 11) is 0. The van der Waals surface area contributed by atoms with Gasteiger partial charge < -0.3 is 9.15 Å². The van der Waals surface area contributed by atoms with E-state index in [1.165, 1.54) is 11.1 Å². The van der Waals surface area contributed by atoms with E-state index in [9.17, 15) is 0 Å². The Morgan fingerprint density at radius 3 is 2.39 bits per heavy atom. The Labute approximate surface area is 173 Å². The first kappa shape index (κ1) is 20.6. The number of benzene rings is 2. The molecule has 148 valence electrons. The van der Waals surface area contributed by atoms with Gasteiger partial charge in [0, 0.05) is 21.1 Å². The zero-order valence-corrected chi connectivity index (χ0v) is 18.5. The molecule has 0 aliphatic heterocycles. The third-order valence-corrected chi connectivity index (χ3v) is 5.94. The molecule has 0 aliphatic rings. The second-order valence-electron chi connectivity index (χ2n) is 8.29. The van der Waals surface area contributed by atoms with E-state index in [1.54, 1.807) is 0 Å². The summed E-state index contributed by atoms with van der Waals surface area (Å²) >= 11 is 1.97. The first-order valence-electron chi connectivity index (χ1n) is 9.78. The molecule has 0 amide bonds. The summed E-state index contributed by atoms with van der Waals surface area (Å²) in [5, 5.41) is 0.423. The fraction of sp³-hybridized carbons (Fsp3) is 0.360. The number of aryl methyl sites for hydroxylation is 2. The van der Waals surface area contributed by atoms with Gasteiger partial charge in [0.15, 0.2) is 0 Å². The molecular formula is C25H30O2S. The van der Waals surface area contributed by atoms with Crippen LogP contribution in [0.2, 0.25) is 0 Å². The highest BCUT2D eigenvalue weighted by Crippen LogP contribution is 2.38. The maximum atomic E-state index is 6.09. The fourth-order valence-corrected chi connectivity index (χ4v) is 4.48. The smallest absolute Gasteiger partial charge is 0.134 e. The van der Waals surface area contributed by atoms with Crippen LogP contribution in [-0.2, 0) is 6.61 Å². The van der Waals surface area contributed by atoms with E-state index in [2.05, 4.69) is 83.1 Å². The molecule has 3 aromatic rings. The molecule has 3 heteroatoms. The van der Waals surface area contributed by atoms with Crippen LogP contribution in [-0.4, -0.2) is 4.75 Å². The highest BCUT2D eigenvalue weighted by Gasteiger charge is 2.17. The highest BCUT2D eigenvalue weighted by molar-refractivity contribution is 8.00. The van der Waals surface area contributed by atoms with Crippen LogP contribution < -0.4 is 4.74 Å². The minimum Gasteiger partial charge on any atom is -0.489 e. The van der Waals surface area contributed by atoms with E-state index < -0.39 is 0 Å². The lowest BCUT2D eigenvalue weighted by atomic mass is 10.1. The maximum Gasteiger partial charge on any atom is 0.134 e. The zero-order valence-electron chi connectivity index (χ0n) is 17.7. The Kier molecular flexibility index (Phi) is 6.24. The molecule has 0 radical (unpaired) electrons. The third kappa shape index (κ3) is 5.45. The van der Waals surface area contributed by atoms with E-state index in [0.717, 1.165) is 28.4 Å². The Bertz CT molecular complexity index is 916. The Hall–Kier alpha value is -2.13. The molecule has 1 atom stereocenters. The topological polar surface area (TPSA) is 22.4 Å². The van der Waals surface area contributed by atoms with Gasteiger partial charge in [0.05, 0.1) is 0 Å². The molecule has 0 spiro atoms. The van der Waals surface area contributed by atoms with Gasteiger partial charge in [0.1, 0.15) is 23.9 Å². The van der Waals surface area contributed by atoms with Crippen molar-refractivity contribution in [3.05, 3.63) is 77.0 Å². The van der Waals surface area contributed by atoms with Crippen molar-refractivity contribution >= 4 is 11.8 Å². The van der Waals surface area contributed by atoms with E-state index in [-0.39, 0.29) is 4.75 Å². The first-order chi connectivity index (χ1) is 13.2. The molecule has 0 saturated heterocycles. The number of ether oxygens (including phenoxy) is 1. The van der Waals surface area contributed by atoms with E-state index in [1.807, 2.05) is 24.8 Å². The van der Waals surface area contributed by atoms with Crippen LogP contribution in [0.25, 0.3) is 11.3 Å². The van der Waals surface area contributed by atoms with Gasteiger partial charge in [-0.1, -0.05) is 62.7 Å². The van der Waals surface area contributed by atoms with Crippen LogP contribution in [0.4, 0.5) is 0 Å². The average molecular weight is 395 g/mol. The molecule has 28 heavy (non-hydrogen) atoms. The van der Waals surface area contributed by atoms with Gasteiger partial charge in [-0.25, -0.2) is 0 Å². The molecular weight excluding hydrogens is 364 g/mol. The monoisotopic (exact) mass is 394 g/mol. The Balaban J connectivity index is 1.69. The lowest BCUT2D eigenvalue weighted by Gasteiger charge is -2.23. The minimum atomic E-state index is 0.233. The van der Waals surface area contributed by atoms with E-state index in [0.29, 0.717) is 11.9 Å². The van der Waals surface area contributed by atoms with Crippen molar-refractivity contribution in [3.63, 3.8) is 0 Å². The largest absolute Gasteiger partial charge is 0.489 e. The van der Waals surface area contributed by atoms with Gasteiger partial charge in [-0.15, -0.1) is 11.8 Å². The lowest BCUT2D eigenvalue weighted by molar-refractivity contribution is 0.303. The molecule has 0 bridgehead atoms. The number of furan rings is 1. The summed E-state index contributed by atoms with van der Waals surface area (Å²) in [5.74, 6) is 2.69. The highest BCUT2D eigenvalue weighted by atomic mass is 32.2. The van der Waals surface area contributed by atoms with Crippen LogP contribution in [0.15, 0.2) is 59.0 Å². The summed E-state index contributed by atoms with van der Waals surface area (Å²) in [6, 6.07) is 18.9. The average Bonchev–Trinajstić information content (AvgIpc) is 3.00. The molecule has 2 aromatic carbocycles. The molecule has 1 aromatic heterocycles. The Morgan fingerprint density at radius 2 is 1.71 bits per heavy atom. The third-order valence-electron chi connectivity index (χ3n) is 4.61. The molecule has 0 fully saturated rings. The SMILES string of the molecule is Cc1ccc(-c2cc(COc3cccc(C(C)SC(C)(C)C)c3)c(C)o2)cc1. The van der Waals surface area contributed by atoms with Crippen LogP contribution in [0.1, 0.15) is 55.4 Å². The van der Waals surface area contributed by atoms with Crippen molar-refractivity contribution in [2.75, 3.05) is 0 Å². The van der Waals surface area contributed by atoms with Crippen molar-refractivity contribution in [1.82, 2.24) is 0 Å². The van der Waals surface area contributed by atoms with Gasteiger partial charge in [-0.2, -0.15) is 0 Å². The molecule has 1 unspecified atom stereocenters. The second-order valence-corrected chi connectivity index (χ2v) is 10.5. The molecule has 0 aliphatic carbocycles. The standard InChI is InChI=1S/C25H30O2S/c1-17-10-12-20(13-11-17)24-15-22(18(2)27-24)16-26-23-9-7-8-21(14-23)19(3)28-25(4,5)6/h7-15,19H,16H2,1-6H3. The van der Waals surface area contributed by atoms with Gasteiger partial charge in [0.25, 0.3) is 0 Å². The summed E-state index contributed by atoms with van der Waals surface area (Å²) in [5.41, 5.74) is 4.71. The van der Waals surface area contributed by atoms with Gasteiger partial charge >= 0.3 is 0 Å². The number of rotatable bonds is 6. The maximum absolute atomic E-state index is 6.09. The van der Waals surface area contributed by atoms with E-state index in [4.69, 9.17) is 9.15 Å². The second kappa shape index (κ2) is 8.48. The summed E-state index contributed by atoms with van der Waals surface area (Å²) in [4.78, 5) is 0. The van der Waals surface area contributed by atoms with Crippen molar-refractivity contribution < 1.29 is 9.15 Å². The Morgan fingerprint density at radius 1 is 1.00 bits per heavy atom. The number of thioether (sulfide) groups is 1. The van der Waals surface area contributed by atoms with Crippen LogP contribution in [0.3, 0.4) is 0 Å². The van der Waals surface area contributed by atoms with Gasteiger partial charge in [0.2, 0.25) is 0 Å². The van der Waals surface area contributed by atoms with E-state index >= 15 is 0 Å². The van der Waals surface area contributed by atoms with Gasteiger partial charge in [-0.05, 0) is 44.5 Å².